The molecule has 0 amide bonds. The predicted molar refractivity (Wildman–Crippen MR) is 241 cm³/mol. The quantitative estimate of drug-likeness (QED) is 0.0196. The Bertz CT molecular complexity index is 1000. The lowest BCUT2D eigenvalue weighted by Gasteiger charge is -2.28. The van der Waals surface area contributed by atoms with E-state index in [2.05, 4.69) is 26.0 Å². The summed E-state index contributed by atoms with van der Waals surface area (Å²) < 4.78 is 34.0. The molecule has 0 spiro atoms. The third kappa shape index (κ3) is 44.3. The highest BCUT2D eigenvalue weighted by Crippen LogP contribution is 2.38. The monoisotopic (exact) mass is 844 g/mol. The van der Waals surface area contributed by atoms with E-state index < -0.39 is 26.5 Å². The number of esters is 2. The van der Waals surface area contributed by atoms with E-state index in [4.69, 9.17) is 18.5 Å². The van der Waals surface area contributed by atoms with Gasteiger partial charge in [0.15, 0.2) is 6.10 Å². The summed E-state index contributed by atoms with van der Waals surface area (Å²) in [5.74, 6) is -0.832. The number of unbranched alkanes of at least 4 members (excludes halogenated alkanes) is 29. The second kappa shape index (κ2) is 41.1. The van der Waals surface area contributed by atoms with Crippen molar-refractivity contribution in [3.63, 3.8) is 0 Å². The number of allylic oxidation sites excluding steroid dienone is 2. The molecule has 0 N–H and O–H groups in total. The lowest BCUT2D eigenvalue weighted by molar-refractivity contribution is -0.870. The number of nitrogens with zero attached hydrogens (tertiary/aromatic N) is 1. The van der Waals surface area contributed by atoms with Crippen LogP contribution in [0, 0.1) is 0 Å². The van der Waals surface area contributed by atoms with E-state index >= 15 is 0 Å². The second-order valence-corrected chi connectivity index (χ2v) is 19.2. The first-order valence-corrected chi connectivity index (χ1v) is 25.9. The molecule has 0 fully saturated rings. The molecule has 0 aromatic carbocycles. The molecule has 0 radical (unpaired) electrons. The fraction of sp³-hybridized carbons (Fsp3) is 0.917. The number of carbonyl (C=O) groups excluding carboxylic acids is 2. The summed E-state index contributed by atoms with van der Waals surface area (Å²) >= 11 is 0. The van der Waals surface area contributed by atoms with Gasteiger partial charge in [0.2, 0.25) is 0 Å². The summed E-state index contributed by atoms with van der Waals surface area (Å²) in [7, 11) is 1.17. The molecular formula is C48H94NO8P. The summed E-state index contributed by atoms with van der Waals surface area (Å²) in [6.07, 6.45) is 43.8. The van der Waals surface area contributed by atoms with Gasteiger partial charge in [-0.3, -0.25) is 14.2 Å². The summed E-state index contributed by atoms with van der Waals surface area (Å²) in [6, 6.07) is 0. The molecule has 0 heterocycles. The number of hydrogen-bond acceptors (Lipinski definition) is 8. The Morgan fingerprint density at radius 3 is 1.29 bits per heavy atom. The van der Waals surface area contributed by atoms with Gasteiger partial charge in [-0.15, -0.1) is 0 Å². The Balaban J connectivity index is 4.22. The maximum absolute atomic E-state index is 12.7. The van der Waals surface area contributed by atoms with Crippen LogP contribution < -0.4 is 4.89 Å². The van der Waals surface area contributed by atoms with Crippen molar-refractivity contribution in [3.8, 4) is 0 Å². The Morgan fingerprint density at radius 1 is 0.517 bits per heavy atom. The van der Waals surface area contributed by atoms with Crippen molar-refractivity contribution in [3.05, 3.63) is 12.2 Å². The molecule has 0 saturated heterocycles. The minimum atomic E-state index is -4.62. The Morgan fingerprint density at radius 2 is 0.879 bits per heavy atom. The van der Waals surface area contributed by atoms with Gasteiger partial charge in [-0.25, -0.2) is 0 Å². The number of carbonyl (C=O) groups is 2. The number of hydrogen-bond donors (Lipinski definition) is 0. The van der Waals surface area contributed by atoms with E-state index in [0.29, 0.717) is 17.4 Å². The summed E-state index contributed by atoms with van der Waals surface area (Å²) in [6.45, 7) is 4.24. The van der Waals surface area contributed by atoms with Gasteiger partial charge in [0, 0.05) is 12.8 Å². The van der Waals surface area contributed by atoms with Gasteiger partial charge in [0.1, 0.15) is 19.8 Å². The Hall–Kier alpha value is -1.25. The maximum Gasteiger partial charge on any atom is 0.306 e. The van der Waals surface area contributed by atoms with Crippen LogP contribution in [0.5, 0.6) is 0 Å². The molecule has 0 aliphatic carbocycles. The van der Waals surface area contributed by atoms with Gasteiger partial charge in [0.25, 0.3) is 7.82 Å². The lowest BCUT2D eigenvalue weighted by atomic mass is 10.0. The van der Waals surface area contributed by atoms with E-state index in [1.165, 1.54) is 148 Å². The summed E-state index contributed by atoms with van der Waals surface area (Å²) in [4.78, 5) is 37.6. The van der Waals surface area contributed by atoms with Crippen LogP contribution >= 0.6 is 7.82 Å². The van der Waals surface area contributed by atoms with Crippen LogP contribution in [0.25, 0.3) is 0 Å². The minimum Gasteiger partial charge on any atom is -0.756 e. The van der Waals surface area contributed by atoms with E-state index in [1.54, 1.807) is 0 Å². The average Bonchev–Trinajstić information content (AvgIpc) is 3.17. The van der Waals surface area contributed by atoms with Crippen molar-refractivity contribution in [2.75, 3.05) is 47.5 Å². The number of likely N-dealkylation sites (N-methyl/N-ethyl adjacent to an activating group) is 1. The number of ether oxygens (including phenoxy) is 2. The maximum atomic E-state index is 12.7. The third-order valence-corrected chi connectivity index (χ3v) is 11.7. The highest BCUT2D eigenvalue weighted by molar-refractivity contribution is 7.45. The van der Waals surface area contributed by atoms with Gasteiger partial charge in [-0.05, 0) is 38.5 Å². The highest BCUT2D eigenvalue weighted by atomic mass is 31.2. The first-order chi connectivity index (χ1) is 28.0. The summed E-state index contributed by atoms with van der Waals surface area (Å²) in [5.41, 5.74) is 0. The predicted octanol–water partition coefficient (Wildman–Crippen LogP) is 13.5. The first kappa shape index (κ1) is 56.8. The lowest BCUT2D eigenvalue weighted by Crippen LogP contribution is -2.37. The van der Waals surface area contributed by atoms with E-state index in [1.807, 2.05) is 21.1 Å². The smallest absolute Gasteiger partial charge is 0.306 e. The van der Waals surface area contributed by atoms with Crippen molar-refractivity contribution in [2.24, 2.45) is 0 Å². The van der Waals surface area contributed by atoms with Gasteiger partial charge >= 0.3 is 11.9 Å². The summed E-state index contributed by atoms with van der Waals surface area (Å²) in [5, 5.41) is 0. The zero-order chi connectivity index (χ0) is 42.8. The highest BCUT2D eigenvalue weighted by Gasteiger charge is 2.21. The minimum absolute atomic E-state index is 0.0288. The van der Waals surface area contributed by atoms with Crippen LogP contribution in [0.2, 0.25) is 0 Å². The number of phosphoric ester groups is 1. The Labute approximate surface area is 358 Å². The topological polar surface area (TPSA) is 111 Å². The number of quaternary nitrogens is 1. The Kier molecular flexibility index (Phi) is 40.2. The van der Waals surface area contributed by atoms with Gasteiger partial charge in [0.05, 0.1) is 27.7 Å². The van der Waals surface area contributed by atoms with Crippen LogP contribution in [0.15, 0.2) is 12.2 Å². The average molecular weight is 844 g/mol. The standard InChI is InChI=1S/C48H94NO8P/c1-6-8-10-12-14-16-18-20-21-22-23-24-25-26-27-29-31-33-35-37-39-41-48(51)57-46(45-56-58(52,53)55-43-42-49(3,4)5)44-54-47(50)40-38-36-34-32-30-28-19-17-15-13-11-9-7-2/h17,19,46H,6-16,18,20-45H2,1-5H3/b19-17+/t46-/m1/s1. The molecule has 344 valence electrons. The molecule has 0 aromatic rings. The molecular weight excluding hydrogens is 750 g/mol. The van der Waals surface area contributed by atoms with Gasteiger partial charge in [-0.2, -0.15) is 0 Å². The molecule has 1 unspecified atom stereocenters. The van der Waals surface area contributed by atoms with E-state index in [-0.39, 0.29) is 32.0 Å². The fourth-order valence-corrected chi connectivity index (χ4v) is 7.67. The molecule has 0 aliphatic heterocycles. The number of rotatable bonds is 45. The van der Waals surface area contributed by atoms with Crippen molar-refractivity contribution in [2.45, 2.75) is 238 Å². The first-order valence-electron chi connectivity index (χ1n) is 24.4. The second-order valence-electron chi connectivity index (χ2n) is 17.8. The molecule has 0 aliphatic rings. The fourth-order valence-electron chi connectivity index (χ4n) is 6.95. The van der Waals surface area contributed by atoms with Crippen molar-refractivity contribution in [1.29, 1.82) is 0 Å². The van der Waals surface area contributed by atoms with E-state index in [0.717, 1.165) is 51.4 Å². The van der Waals surface area contributed by atoms with Crippen molar-refractivity contribution < 1.29 is 42.1 Å². The SMILES string of the molecule is CCCCCC/C=C/CCCCCCCC(=O)OC[C@H](COP(=O)([O-])OCC[N+](C)(C)C)OC(=O)CCCCCCCCCCCCCCCCCCCCCCC. The van der Waals surface area contributed by atoms with Crippen molar-refractivity contribution in [1.82, 2.24) is 0 Å². The zero-order valence-electron chi connectivity index (χ0n) is 38.8. The van der Waals surface area contributed by atoms with Crippen LogP contribution in [0.4, 0.5) is 0 Å². The van der Waals surface area contributed by atoms with Crippen LogP contribution in [-0.4, -0.2) is 70.0 Å². The molecule has 9 nitrogen and oxygen atoms in total. The largest absolute Gasteiger partial charge is 0.756 e. The number of phosphoric acid groups is 1. The molecule has 2 atom stereocenters. The van der Waals surface area contributed by atoms with E-state index in [9.17, 15) is 19.0 Å². The molecule has 0 saturated carbocycles. The van der Waals surface area contributed by atoms with Crippen LogP contribution in [0.1, 0.15) is 232 Å². The molecule has 0 bridgehead atoms. The van der Waals surface area contributed by atoms with Crippen molar-refractivity contribution >= 4 is 19.8 Å². The molecule has 10 heteroatoms. The molecule has 0 rings (SSSR count). The van der Waals surface area contributed by atoms with Gasteiger partial charge < -0.3 is 27.9 Å². The molecule has 58 heavy (non-hydrogen) atoms. The molecule has 0 aromatic heterocycles. The zero-order valence-corrected chi connectivity index (χ0v) is 39.7. The van der Waals surface area contributed by atoms with Gasteiger partial charge in [-0.1, -0.05) is 193 Å². The third-order valence-electron chi connectivity index (χ3n) is 10.8. The van der Waals surface area contributed by atoms with Crippen LogP contribution in [-0.2, 0) is 32.7 Å². The van der Waals surface area contributed by atoms with Crippen LogP contribution in [0.3, 0.4) is 0 Å². The normalized spacial score (nSPS) is 13.6.